The Morgan fingerprint density at radius 3 is 2.63 bits per heavy atom. The van der Waals surface area contributed by atoms with Crippen LogP contribution in [0.15, 0.2) is 79.4 Å². The van der Waals surface area contributed by atoms with Crippen molar-refractivity contribution in [2.24, 2.45) is 0 Å². The summed E-state index contributed by atoms with van der Waals surface area (Å²) in [5.74, 6) is -0.222. The third-order valence-corrected chi connectivity index (χ3v) is 4.66. The molecule has 0 fully saturated rings. The molecule has 0 saturated heterocycles. The standard InChI is InChI=1S/C21H16N8O/c30-21(16-6-7-19-24-26-27-29(19)13-16)23-12-17-14-28(18-4-2-1-3-5-18)25-20(17)15-8-10-22-11-9-15/h1-11,13-14H,12H2,(H,23,30). The van der Waals surface area contributed by atoms with Crippen molar-refractivity contribution in [2.75, 3.05) is 0 Å². The van der Waals surface area contributed by atoms with Crippen LogP contribution in [0.4, 0.5) is 0 Å². The molecule has 146 valence electrons. The van der Waals surface area contributed by atoms with Gasteiger partial charge in [0.05, 0.1) is 16.9 Å². The lowest BCUT2D eigenvalue weighted by molar-refractivity contribution is 0.0950. The van der Waals surface area contributed by atoms with Gasteiger partial charge in [-0.15, -0.1) is 5.10 Å². The van der Waals surface area contributed by atoms with Crippen molar-refractivity contribution in [1.29, 1.82) is 0 Å². The van der Waals surface area contributed by atoms with Gasteiger partial charge in [-0.25, -0.2) is 4.68 Å². The Balaban J connectivity index is 1.44. The fourth-order valence-corrected chi connectivity index (χ4v) is 3.16. The second-order valence-corrected chi connectivity index (χ2v) is 6.60. The lowest BCUT2D eigenvalue weighted by Crippen LogP contribution is -2.23. The van der Waals surface area contributed by atoms with E-state index in [9.17, 15) is 4.79 Å². The van der Waals surface area contributed by atoms with Crippen LogP contribution in [0.5, 0.6) is 0 Å². The van der Waals surface area contributed by atoms with Crippen LogP contribution in [-0.4, -0.2) is 40.7 Å². The molecule has 0 aliphatic heterocycles. The van der Waals surface area contributed by atoms with E-state index in [1.54, 1.807) is 30.7 Å². The van der Waals surface area contributed by atoms with E-state index in [-0.39, 0.29) is 5.91 Å². The fourth-order valence-electron chi connectivity index (χ4n) is 3.16. The lowest BCUT2D eigenvalue weighted by atomic mass is 10.1. The average Bonchev–Trinajstić information content (AvgIpc) is 3.45. The molecule has 5 rings (SSSR count). The van der Waals surface area contributed by atoms with Crippen LogP contribution < -0.4 is 5.32 Å². The lowest BCUT2D eigenvalue weighted by Gasteiger charge is -2.06. The zero-order chi connectivity index (χ0) is 20.3. The number of nitrogens with zero attached hydrogens (tertiary/aromatic N) is 7. The van der Waals surface area contributed by atoms with Crippen molar-refractivity contribution in [2.45, 2.75) is 6.54 Å². The van der Waals surface area contributed by atoms with E-state index in [4.69, 9.17) is 5.10 Å². The van der Waals surface area contributed by atoms with Crippen LogP contribution in [0, 0.1) is 0 Å². The normalized spacial score (nSPS) is 10.9. The highest BCUT2D eigenvalue weighted by molar-refractivity contribution is 5.94. The van der Waals surface area contributed by atoms with E-state index < -0.39 is 0 Å². The number of carbonyl (C=O) groups is 1. The molecule has 0 radical (unpaired) electrons. The van der Waals surface area contributed by atoms with Crippen LogP contribution in [-0.2, 0) is 6.54 Å². The van der Waals surface area contributed by atoms with E-state index in [1.807, 2.05) is 53.3 Å². The summed E-state index contributed by atoms with van der Waals surface area (Å²) in [6.45, 7) is 0.316. The van der Waals surface area contributed by atoms with E-state index in [2.05, 4.69) is 25.8 Å². The van der Waals surface area contributed by atoms with Crippen LogP contribution in [0.2, 0.25) is 0 Å². The first-order chi connectivity index (χ1) is 14.8. The first-order valence-electron chi connectivity index (χ1n) is 9.28. The highest BCUT2D eigenvalue weighted by Gasteiger charge is 2.14. The molecule has 1 N–H and O–H groups in total. The SMILES string of the molecule is O=C(NCc1cn(-c2ccccc2)nc1-c1ccncc1)c1ccc2nnnn2c1. The Morgan fingerprint density at radius 2 is 1.80 bits per heavy atom. The van der Waals surface area contributed by atoms with E-state index in [0.29, 0.717) is 17.8 Å². The third-order valence-electron chi connectivity index (χ3n) is 4.66. The van der Waals surface area contributed by atoms with Gasteiger partial charge in [0.15, 0.2) is 5.65 Å². The van der Waals surface area contributed by atoms with Crippen molar-refractivity contribution in [1.82, 2.24) is 40.1 Å². The minimum absolute atomic E-state index is 0.222. The minimum Gasteiger partial charge on any atom is -0.348 e. The number of amides is 1. The molecule has 4 heterocycles. The van der Waals surface area contributed by atoms with Gasteiger partial charge in [-0.05, 0) is 46.8 Å². The number of hydrogen-bond donors (Lipinski definition) is 1. The number of tetrazole rings is 1. The molecule has 5 aromatic rings. The topological polar surface area (TPSA) is 103 Å². The number of carbonyl (C=O) groups excluding carboxylic acids is 1. The predicted octanol–water partition coefficient (Wildman–Crippen LogP) is 2.30. The second kappa shape index (κ2) is 7.55. The monoisotopic (exact) mass is 396 g/mol. The van der Waals surface area contributed by atoms with Crippen molar-refractivity contribution in [3.05, 3.63) is 90.5 Å². The van der Waals surface area contributed by atoms with Gasteiger partial charge in [-0.3, -0.25) is 9.78 Å². The summed E-state index contributed by atoms with van der Waals surface area (Å²) < 4.78 is 3.27. The molecule has 4 aromatic heterocycles. The first kappa shape index (κ1) is 17.7. The molecule has 30 heavy (non-hydrogen) atoms. The number of nitrogens with one attached hydrogen (secondary N) is 1. The zero-order valence-corrected chi connectivity index (χ0v) is 15.8. The summed E-state index contributed by atoms with van der Waals surface area (Å²) in [6, 6.07) is 17.0. The van der Waals surface area contributed by atoms with Crippen molar-refractivity contribution < 1.29 is 4.79 Å². The van der Waals surface area contributed by atoms with E-state index >= 15 is 0 Å². The Bertz CT molecular complexity index is 1310. The number of fused-ring (bicyclic) bond motifs is 1. The molecule has 9 nitrogen and oxygen atoms in total. The van der Waals surface area contributed by atoms with Crippen LogP contribution in [0.1, 0.15) is 15.9 Å². The molecular weight excluding hydrogens is 380 g/mol. The molecule has 9 heteroatoms. The smallest absolute Gasteiger partial charge is 0.253 e. The Morgan fingerprint density at radius 1 is 0.967 bits per heavy atom. The maximum atomic E-state index is 12.7. The number of aromatic nitrogens is 7. The van der Waals surface area contributed by atoms with Crippen LogP contribution in [0.3, 0.4) is 0 Å². The van der Waals surface area contributed by atoms with Crippen molar-refractivity contribution in [3.8, 4) is 16.9 Å². The molecule has 0 atom stereocenters. The van der Waals surface area contributed by atoms with Crippen LogP contribution in [0.25, 0.3) is 22.6 Å². The van der Waals surface area contributed by atoms with E-state index in [0.717, 1.165) is 22.5 Å². The summed E-state index contributed by atoms with van der Waals surface area (Å²) >= 11 is 0. The molecular formula is C21H16N8O. The maximum absolute atomic E-state index is 12.7. The van der Waals surface area contributed by atoms with Gasteiger partial charge in [0.25, 0.3) is 5.91 Å². The Hall–Kier alpha value is -4.40. The average molecular weight is 396 g/mol. The molecule has 0 saturated carbocycles. The molecule has 0 aliphatic rings. The van der Waals surface area contributed by atoms with Crippen molar-refractivity contribution in [3.63, 3.8) is 0 Å². The third kappa shape index (κ3) is 3.39. The van der Waals surface area contributed by atoms with Gasteiger partial charge in [0.1, 0.15) is 0 Å². The summed E-state index contributed by atoms with van der Waals surface area (Å²) in [5, 5.41) is 19.0. The first-order valence-corrected chi connectivity index (χ1v) is 9.28. The fraction of sp³-hybridized carbons (Fsp3) is 0.0476. The van der Waals surface area contributed by atoms with Crippen molar-refractivity contribution >= 4 is 11.6 Å². The number of hydrogen-bond acceptors (Lipinski definition) is 6. The Kier molecular flexibility index (Phi) is 4.45. The van der Waals surface area contributed by atoms with Gasteiger partial charge in [-0.1, -0.05) is 18.2 Å². The van der Waals surface area contributed by atoms with Gasteiger partial charge in [0.2, 0.25) is 0 Å². The maximum Gasteiger partial charge on any atom is 0.253 e. The molecule has 0 unspecified atom stereocenters. The summed E-state index contributed by atoms with van der Waals surface area (Å²) in [6.07, 6.45) is 6.97. The Labute approximate surface area is 171 Å². The number of pyridine rings is 2. The highest BCUT2D eigenvalue weighted by Crippen LogP contribution is 2.23. The van der Waals surface area contributed by atoms with E-state index in [1.165, 1.54) is 4.52 Å². The molecule has 0 bridgehead atoms. The van der Waals surface area contributed by atoms with Crippen LogP contribution >= 0.6 is 0 Å². The minimum atomic E-state index is -0.222. The zero-order valence-electron chi connectivity index (χ0n) is 15.8. The largest absolute Gasteiger partial charge is 0.348 e. The molecule has 0 aliphatic carbocycles. The van der Waals surface area contributed by atoms with Gasteiger partial charge >= 0.3 is 0 Å². The van der Waals surface area contributed by atoms with Gasteiger partial charge in [0, 0.05) is 42.5 Å². The number of para-hydroxylation sites is 1. The summed E-state index contributed by atoms with van der Waals surface area (Å²) in [5.41, 5.74) is 4.60. The summed E-state index contributed by atoms with van der Waals surface area (Å²) in [7, 11) is 0. The molecule has 1 amide bonds. The summed E-state index contributed by atoms with van der Waals surface area (Å²) in [4.78, 5) is 16.8. The van der Waals surface area contributed by atoms with Gasteiger partial charge in [-0.2, -0.15) is 9.61 Å². The quantitative estimate of drug-likeness (QED) is 0.489. The predicted molar refractivity (Wildman–Crippen MR) is 109 cm³/mol. The molecule has 0 spiro atoms. The van der Waals surface area contributed by atoms with Gasteiger partial charge < -0.3 is 5.32 Å². The highest BCUT2D eigenvalue weighted by atomic mass is 16.1. The number of rotatable bonds is 5. The molecule has 1 aromatic carbocycles. The number of benzene rings is 1. The second-order valence-electron chi connectivity index (χ2n) is 6.60.